The molecule has 0 unspecified atom stereocenters. The van der Waals surface area contributed by atoms with Crippen molar-refractivity contribution in [1.82, 2.24) is 14.7 Å². The molecule has 3 amide bonds. The molecule has 2 aliphatic rings. The van der Waals surface area contributed by atoms with Crippen molar-refractivity contribution in [3.05, 3.63) is 35.9 Å². The second-order valence-corrected chi connectivity index (χ2v) is 9.29. The van der Waals surface area contributed by atoms with E-state index >= 15 is 0 Å². The summed E-state index contributed by atoms with van der Waals surface area (Å²) in [6, 6.07) is 9.97. The molecule has 0 atom stereocenters. The van der Waals surface area contributed by atoms with Crippen molar-refractivity contribution in [2.45, 2.75) is 46.0 Å². The van der Waals surface area contributed by atoms with Gasteiger partial charge >= 0.3 is 0 Å². The minimum Gasteiger partial charge on any atom is -0.343 e. The van der Waals surface area contributed by atoms with Gasteiger partial charge in [0.05, 0.1) is 5.41 Å². The lowest BCUT2D eigenvalue weighted by Gasteiger charge is -2.45. The van der Waals surface area contributed by atoms with Gasteiger partial charge in [-0.2, -0.15) is 0 Å². The molecule has 0 aromatic heterocycles. The Morgan fingerprint density at radius 1 is 0.793 bits per heavy atom. The Labute approximate surface area is 173 Å². The summed E-state index contributed by atoms with van der Waals surface area (Å²) >= 11 is 0. The minimum absolute atomic E-state index is 0.0633. The lowest BCUT2D eigenvalue weighted by Crippen LogP contribution is -2.59. The number of likely N-dealkylation sites (tertiary alicyclic amines) is 1. The lowest BCUT2D eigenvalue weighted by molar-refractivity contribution is -0.149. The van der Waals surface area contributed by atoms with Gasteiger partial charge in [0.1, 0.15) is 0 Å². The zero-order valence-electron chi connectivity index (χ0n) is 18.1. The number of piperidine rings is 1. The number of hydrogen-bond acceptors (Lipinski definition) is 3. The number of benzene rings is 1. The highest BCUT2D eigenvalue weighted by molar-refractivity contribution is 5.89. The number of nitrogens with zero attached hydrogens (tertiary/aromatic N) is 3. The second kappa shape index (κ2) is 8.17. The lowest BCUT2D eigenvalue weighted by atomic mass is 9.71. The Morgan fingerprint density at radius 3 is 1.79 bits per heavy atom. The standard InChI is InChI=1S/C23H33N3O3/c1-18(27)24-12-10-23(11-13-24,19-8-6-5-7-9-19)21(29)26-16-14-25(15-17-26)20(28)22(2,3)4/h5-9H,10-17H2,1-4H3. The van der Waals surface area contributed by atoms with Crippen molar-refractivity contribution in [1.29, 1.82) is 0 Å². The molecule has 0 radical (unpaired) electrons. The maximum Gasteiger partial charge on any atom is 0.233 e. The molecule has 158 valence electrons. The monoisotopic (exact) mass is 399 g/mol. The van der Waals surface area contributed by atoms with E-state index in [2.05, 4.69) is 0 Å². The zero-order valence-corrected chi connectivity index (χ0v) is 18.1. The molecule has 1 aromatic carbocycles. The molecule has 0 saturated carbocycles. The molecule has 0 spiro atoms. The summed E-state index contributed by atoms with van der Waals surface area (Å²) in [5, 5.41) is 0. The first kappa shape index (κ1) is 21.3. The van der Waals surface area contributed by atoms with Crippen molar-refractivity contribution in [3.63, 3.8) is 0 Å². The van der Waals surface area contributed by atoms with E-state index in [1.165, 1.54) is 0 Å². The molecule has 2 saturated heterocycles. The Balaban J connectivity index is 1.77. The van der Waals surface area contributed by atoms with Crippen molar-refractivity contribution in [3.8, 4) is 0 Å². The molecule has 0 N–H and O–H groups in total. The van der Waals surface area contributed by atoms with Crippen LogP contribution in [0.15, 0.2) is 30.3 Å². The Bertz CT molecular complexity index is 753. The van der Waals surface area contributed by atoms with Gasteiger partial charge in [-0.05, 0) is 18.4 Å². The van der Waals surface area contributed by atoms with Gasteiger partial charge in [-0.1, -0.05) is 51.1 Å². The van der Waals surface area contributed by atoms with Crippen LogP contribution in [0.1, 0.15) is 46.1 Å². The largest absolute Gasteiger partial charge is 0.343 e. The average molecular weight is 400 g/mol. The van der Waals surface area contributed by atoms with Gasteiger partial charge in [0, 0.05) is 51.6 Å². The third kappa shape index (κ3) is 4.31. The molecule has 6 heteroatoms. The van der Waals surface area contributed by atoms with Crippen LogP contribution in [0.3, 0.4) is 0 Å². The first-order valence-electron chi connectivity index (χ1n) is 10.5. The van der Waals surface area contributed by atoms with Crippen molar-refractivity contribution in [2.75, 3.05) is 39.3 Å². The van der Waals surface area contributed by atoms with E-state index in [4.69, 9.17) is 0 Å². The van der Waals surface area contributed by atoms with E-state index < -0.39 is 10.8 Å². The maximum absolute atomic E-state index is 13.7. The van der Waals surface area contributed by atoms with E-state index in [-0.39, 0.29) is 17.7 Å². The van der Waals surface area contributed by atoms with Crippen LogP contribution in [0.2, 0.25) is 0 Å². The van der Waals surface area contributed by atoms with Gasteiger partial charge in [0.2, 0.25) is 17.7 Å². The third-order valence-electron chi connectivity index (χ3n) is 6.29. The van der Waals surface area contributed by atoms with E-state index in [9.17, 15) is 14.4 Å². The van der Waals surface area contributed by atoms with Gasteiger partial charge in [0.25, 0.3) is 0 Å². The molecular weight excluding hydrogens is 366 g/mol. The van der Waals surface area contributed by atoms with Crippen LogP contribution in [0.4, 0.5) is 0 Å². The number of piperazine rings is 1. The topological polar surface area (TPSA) is 60.9 Å². The van der Waals surface area contributed by atoms with Crippen molar-refractivity contribution in [2.24, 2.45) is 5.41 Å². The summed E-state index contributed by atoms with van der Waals surface area (Å²) in [5.41, 5.74) is 0.0294. The highest BCUT2D eigenvalue weighted by Crippen LogP contribution is 2.38. The number of hydrogen-bond donors (Lipinski definition) is 0. The van der Waals surface area contributed by atoms with Crippen LogP contribution in [0, 0.1) is 5.41 Å². The van der Waals surface area contributed by atoms with E-state index in [0.29, 0.717) is 52.1 Å². The van der Waals surface area contributed by atoms with Gasteiger partial charge in [-0.15, -0.1) is 0 Å². The summed E-state index contributed by atoms with van der Waals surface area (Å²) in [6.07, 6.45) is 1.27. The molecule has 0 aliphatic carbocycles. The molecule has 2 aliphatic heterocycles. The Kier molecular flexibility index (Phi) is 6.01. The SMILES string of the molecule is CC(=O)N1CCC(C(=O)N2CCN(C(=O)C(C)(C)C)CC2)(c2ccccc2)CC1. The van der Waals surface area contributed by atoms with Gasteiger partial charge in [-0.3, -0.25) is 14.4 Å². The normalized spacial score (nSPS) is 19.8. The number of amides is 3. The molecule has 2 heterocycles. The van der Waals surface area contributed by atoms with E-state index in [1.807, 2.05) is 65.8 Å². The maximum atomic E-state index is 13.7. The van der Waals surface area contributed by atoms with E-state index in [1.54, 1.807) is 6.92 Å². The zero-order chi connectivity index (χ0) is 21.2. The number of rotatable bonds is 2. The first-order valence-corrected chi connectivity index (χ1v) is 10.5. The highest BCUT2D eigenvalue weighted by Gasteiger charge is 2.46. The molecular formula is C23H33N3O3. The average Bonchev–Trinajstić information content (AvgIpc) is 2.72. The van der Waals surface area contributed by atoms with Crippen molar-refractivity contribution < 1.29 is 14.4 Å². The van der Waals surface area contributed by atoms with Crippen LogP contribution in [0.5, 0.6) is 0 Å². The van der Waals surface area contributed by atoms with Crippen molar-refractivity contribution >= 4 is 17.7 Å². The molecule has 3 rings (SSSR count). The molecule has 2 fully saturated rings. The summed E-state index contributed by atoms with van der Waals surface area (Å²) in [6.45, 7) is 10.8. The first-order chi connectivity index (χ1) is 13.6. The van der Waals surface area contributed by atoms with Crippen LogP contribution in [-0.2, 0) is 19.8 Å². The van der Waals surface area contributed by atoms with Gasteiger partial charge < -0.3 is 14.7 Å². The van der Waals surface area contributed by atoms with Crippen LogP contribution in [-0.4, -0.2) is 71.7 Å². The van der Waals surface area contributed by atoms with Crippen LogP contribution in [0.25, 0.3) is 0 Å². The Morgan fingerprint density at radius 2 is 1.31 bits per heavy atom. The van der Waals surface area contributed by atoms with Gasteiger partial charge in [0.15, 0.2) is 0 Å². The fourth-order valence-electron chi connectivity index (χ4n) is 4.48. The summed E-state index contributed by atoms with van der Waals surface area (Å²) in [5.74, 6) is 0.334. The summed E-state index contributed by atoms with van der Waals surface area (Å²) in [4.78, 5) is 43.7. The quantitative estimate of drug-likeness (QED) is 0.767. The fourth-order valence-corrected chi connectivity index (χ4v) is 4.48. The molecule has 29 heavy (non-hydrogen) atoms. The smallest absolute Gasteiger partial charge is 0.233 e. The highest BCUT2D eigenvalue weighted by atomic mass is 16.2. The Hall–Kier alpha value is -2.37. The third-order valence-corrected chi connectivity index (χ3v) is 6.29. The summed E-state index contributed by atoms with van der Waals surface area (Å²) in [7, 11) is 0. The molecule has 0 bridgehead atoms. The fraction of sp³-hybridized carbons (Fsp3) is 0.609. The summed E-state index contributed by atoms with van der Waals surface area (Å²) < 4.78 is 0. The predicted molar refractivity (Wildman–Crippen MR) is 112 cm³/mol. The van der Waals surface area contributed by atoms with Gasteiger partial charge in [-0.25, -0.2) is 0 Å². The molecule has 1 aromatic rings. The minimum atomic E-state index is -0.594. The predicted octanol–water partition coefficient (Wildman–Crippen LogP) is 2.28. The van der Waals surface area contributed by atoms with E-state index in [0.717, 1.165) is 5.56 Å². The molecule has 6 nitrogen and oxygen atoms in total. The van der Waals surface area contributed by atoms with Crippen LogP contribution >= 0.6 is 0 Å². The number of carbonyl (C=O) groups is 3. The number of carbonyl (C=O) groups excluding carboxylic acids is 3. The van der Waals surface area contributed by atoms with Crippen LogP contribution < -0.4 is 0 Å². The second-order valence-electron chi connectivity index (χ2n) is 9.29.